The Morgan fingerprint density at radius 3 is 3.29 bits per heavy atom. The van der Waals surface area contributed by atoms with Crippen LogP contribution in [-0.4, -0.2) is 19.1 Å². The molecule has 0 unspecified atom stereocenters. The van der Waals surface area contributed by atoms with E-state index < -0.39 is 0 Å². The first kappa shape index (κ1) is 9.27. The van der Waals surface area contributed by atoms with Crippen LogP contribution < -0.4 is 5.32 Å². The van der Waals surface area contributed by atoms with E-state index in [1.165, 1.54) is 0 Å². The van der Waals surface area contributed by atoms with Crippen molar-refractivity contribution in [3.8, 4) is 0 Å². The number of rotatable bonds is 2. The van der Waals surface area contributed by atoms with Crippen molar-refractivity contribution >= 4 is 5.97 Å². The van der Waals surface area contributed by atoms with Gasteiger partial charge in [0.05, 0.1) is 6.61 Å². The lowest BCUT2D eigenvalue weighted by Crippen LogP contribution is -2.22. The maximum atomic E-state index is 11.3. The molecule has 1 aliphatic rings. The van der Waals surface area contributed by atoms with E-state index in [0.717, 1.165) is 30.8 Å². The van der Waals surface area contributed by atoms with Crippen LogP contribution >= 0.6 is 0 Å². The molecule has 0 aliphatic carbocycles. The molecule has 1 N–H and O–H groups in total. The van der Waals surface area contributed by atoms with Crippen LogP contribution in [0.2, 0.25) is 0 Å². The maximum absolute atomic E-state index is 11.3. The number of hydrogen-bond donors (Lipinski definition) is 1. The van der Waals surface area contributed by atoms with E-state index in [2.05, 4.69) is 5.32 Å². The minimum Gasteiger partial charge on any atom is -0.460 e. The molecule has 76 valence electrons. The van der Waals surface area contributed by atoms with Crippen LogP contribution in [0.1, 0.15) is 28.8 Å². The first-order chi connectivity index (χ1) is 6.81. The monoisotopic (exact) mass is 195 g/mol. The Morgan fingerprint density at radius 1 is 1.71 bits per heavy atom. The highest BCUT2D eigenvalue weighted by Crippen LogP contribution is 2.19. The van der Waals surface area contributed by atoms with Gasteiger partial charge in [0.15, 0.2) is 0 Å². The number of furan rings is 1. The summed E-state index contributed by atoms with van der Waals surface area (Å²) in [6.07, 6.45) is 0.842. The van der Waals surface area contributed by atoms with Crippen LogP contribution in [-0.2, 0) is 17.7 Å². The second kappa shape index (κ2) is 3.84. The van der Waals surface area contributed by atoms with Crippen molar-refractivity contribution in [2.75, 3.05) is 13.2 Å². The van der Waals surface area contributed by atoms with Crippen LogP contribution in [0.5, 0.6) is 0 Å². The molecule has 0 saturated heterocycles. The van der Waals surface area contributed by atoms with E-state index in [9.17, 15) is 4.79 Å². The van der Waals surface area contributed by atoms with Crippen molar-refractivity contribution in [1.29, 1.82) is 0 Å². The second-order valence-electron chi connectivity index (χ2n) is 3.21. The van der Waals surface area contributed by atoms with Gasteiger partial charge in [0.2, 0.25) is 5.76 Å². The summed E-state index contributed by atoms with van der Waals surface area (Å²) < 4.78 is 10.3. The van der Waals surface area contributed by atoms with Gasteiger partial charge < -0.3 is 14.5 Å². The fraction of sp³-hybridized carbons (Fsp3) is 0.500. The van der Waals surface area contributed by atoms with E-state index in [0.29, 0.717) is 12.4 Å². The molecular weight excluding hydrogens is 182 g/mol. The summed E-state index contributed by atoms with van der Waals surface area (Å²) in [5.74, 6) is 0.856. The standard InChI is InChI=1S/C10H13NO3/c1-2-13-10(12)9-5-7-6-11-4-3-8(7)14-9/h5,11H,2-4,6H2,1H3. The molecule has 2 rings (SSSR count). The van der Waals surface area contributed by atoms with Crippen LogP contribution in [0.3, 0.4) is 0 Å². The lowest BCUT2D eigenvalue weighted by molar-refractivity contribution is 0.0488. The van der Waals surface area contributed by atoms with E-state index in [4.69, 9.17) is 9.15 Å². The van der Waals surface area contributed by atoms with Crippen molar-refractivity contribution in [3.05, 3.63) is 23.2 Å². The van der Waals surface area contributed by atoms with Gasteiger partial charge in [-0.2, -0.15) is 0 Å². The fourth-order valence-corrected chi connectivity index (χ4v) is 1.56. The van der Waals surface area contributed by atoms with Crippen LogP contribution in [0.4, 0.5) is 0 Å². The Bertz CT molecular complexity index is 320. The van der Waals surface area contributed by atoms with Gasteiger partial charge in [0.1, 0.15) is 5.76 Å². The summed E-state index contributed by atoms with van der Waals surface area (Å²) in [4.78, 5) is 11.3. The molecular formula is C10H13NO3. The molecule has 14 heavy (non-hydrogen) atoms. The number of fused-ring (bicyclic) bond motifs is 1. The largest absolute Gasteiger partial charge is 0.460 e. The Balaban J connectivity index is 2.19. The molecule has 0 saturated carbocycles. The Kier molecular flexibility index (Phi) is 2.54. The van der Waals surface area contributed by atoms with Crippen molar-refractivity contribution in [3.63, 3.8) is 0 Å². The van der Waals surface area contributed by atoms with Gasteiger partial charge in [-0.1, -0.05) is 0 Å². The van der Waals surface area contributed by atoms with E-state index in [1.54, 1.807) is 13.0 Å². The third-order valence-electron chi connectivity index (χ3n) is 2.22. The number of nitrogens with one attached hydrogen (secondary N) is 1. The SMILES string of the molecule is CCOC(=O)c1cc2c(o1)CCNC2. The summed E-state index contributed by atoms with van der Waals surface area (Å²) in [5.41, 5.74) is 1.07. The van der Waals surface area contributed by atoms with Crippen molar-refractivity contribution < 1.29 is 13.9 Å². The first-order valence-corrected chi connectivity index (χ1v) is 4.80. The summed E-state index contributed by atoms with van der Waals surface area (Å²) in [5, 5.41) is 3.21. The Hall–Kier alpha value is -1.29. The van der Waals surface area contributed by atoms with Gasteiger partial charge in [-0.25, -0.2) is 4.79 Å². The molecule has 0 fully saturated rings. The third-order valence-corrected chi connectivity index (χ3v) is 2.22. The van der Waals surface area contributed by atoms with Gasteiger partial charge in [-0.3, -0.25) is 0 Å². The molecule has 1 aromatic heterocycles. The van der Waals surface area contributed by atoms with Gasteiger partial charge in [-0.05, 0) is 13.0 Å². The molecule has 0 spiro atoms. The average molecular weight is 195 g/mol. The molecule has 1 aliphatic heterocycles. The molecule has 1 aromatic rings. The number of ether oxygens (including phenoxy) is 1. The number of carbonyl (C=O) groups excluding carboxylic acids is 1. The zero-order valence-electron chi connectivity index (χ0n) is 8.13. The Morgan fingerprint density at radius 2 is 2.57 bits per heavy atom. The van der Waals surface area contributed by atoms with E-state index in [1.807, 2.05) is 0 Å². The molecule has 0 aromatic carbocycles. The summed E-state index contributed by atoms with van der Waals surface area (Å²) in [6.45, 7) is 3.84. The lowest BCUT2D eigenvalue weighted by Gasteiger charge is -2.09. The molecule has 0 atom stereocenters. The topological polar surface area (TPSA) is 51.5 Å². The highest BCUT2D eigenvalue weighted by atomic mass is 16.5. The smallest absolute Gasteiger partial charge is 0.374 e. The van der Waals surface area contributed by atoms with E-state index >= 15 is 0 Å². The van der Waals surface area contributed by atoms with Gasteiger partial charge in [-0.15, -0.1) is 0 Å². The highest BCUT2D eigenvalue weighted by Gasteiger charge is 2.19. The van der Waals surface area contributed by atoms with Gasteiger partial charge in [0, 0.05) is 25.1 Å². The minimum absolute atomic E-state index is 0.320. The predicted molar refractivity (Wildman–Crippen MR) is 50.1 cm³/mol. The van der Waals surface area contributed by atoms with Crippen LogP contribution in [0.15, 0.2) is 10.5 Å². The number of hydrogen-bond acceptors (Lipinski definition) is 4. The Labute approximate surface area is 82.2 Å². The molecule has 0 amide bonds. The second-order valence-corrected chi connectivity index (χ2v) is 3.21. The van der Waals surface area contributed by atoms with Crippen molar-refractivity contribution in [2.24, 2.45) is 0 Å². The number of esters is 1. The van der Waals surface area contributed by atoms with Gasteiger partial charge >= 0.3 is 5.97 Å². The summed E-state index contributed by atoms with van der Waals surface area (Å²) >= 11 is 0. The van der Waals surface area contributed by atoms with Crippen molar-refractivity contribution in [1.82, 2.24) is 5.32 Å². The normalized spacial score (nSPS) is 14.9. The maximum Gasteiger partial charge on any atom is 0.374 e. The van der Waals surface area contributed by atoms with E-state index in [-0.39, 0.29) is 5.97 Å². The van der Waals surface area contributed by atoms with Crippen LogP contribution in [0, 0.1) is 0 Å². The molecule has 2 heterocycles. The zero-order chi connectivity index (χ0) is 9.97. The average Bonchev–Trinajstić information content (AvgIpc) is 2.61. The lowest BCUT2D eigenvalue weighted by atomic mass is 10.1. The summed E-state index contributed by atoms with van der Waals surface area (Å²) in [6, 6.07) is 1.76. The number of carbonyl (C=O) groups is 1. The molecule has 4 heteroatoms. The minimum atomic E-state index is -0.373. The van der Waals surface area contributed by atoms with Crippen molar-refractivity contribution in [2.45, 2.75) is 19.9 Å². The fourth-order valence-electron chi connectivity index (χ4n) is 1.56. The summed E-state index contributed by atoms with van der Waals surface area (Å²) in [7, 11) is 0. The highest BCUT2D eigenvalue weighted by molar-refractivity contribution is 5.86. The zero-order valence-corrected chi connectivity index (χ0v) is 8.13. The quantitative estimate of drug-likeness (QED) is 0.718. The van der Waals surface area contributed by atoms with Gasteiger partial charge in [0.25, 0.3) is 0 Å². The third kappa shape index (κ3) is 1.65. The van der Waals surface area contributed by atoms with Crippen LogP contribution in [0.25, 0.3) is 0 Å². The first-order valence-electron chi connectivity index (χ1n) is 4.80. The predicted octanol–water partition coefficient (Wildman–Crippen LogP) is 1.10. The molecule has 0 bridgehead atoms. The molecule has 0 radical (unpaired) electrons. The molecule has 4 nitrogen and oxygen atoms in total.